The van der Waals surface area contributed by atoms with Crippen LogP contribution in [0.3, 0.4) is 0 Å². The average molecular weight is 336 g/mol. The fraction of sp³-hybridized carbons (Fsp3) is 0.438. The van der Waals surface area contributed by atoms with E-state index in [2.05, 4.69) is 61.1 Å². The number of aryl methyl sites for hydroxylation is 1. The summed E-state index contributed by atoms with van der Waals surface area (Å²) in [5.74, 6) is 0.468. The first-order valence-corrected chi connectivity index (χ1v) is 7.86. The highest BCUT2D eigenvalue weighted by Gasteiger charge is 2.18. The first-order valence-electron chi connectivity index (χ1n) is 7.07. The summed E-state index contributed by atoms with van der Waals surface area (Å²) in [5.41, 5.74) is 4.80. The summed E-state index contributed by atoms with van der Waals surface area (Å²) in [6, 6.07) is 8.25. The molecule has 1 unspecified atom stereocenters. The van der Waals surface area contributed by atoms with Crippen LogP contribution in [0.15, 0.2) is 28.7 Å². The van der Waals surface area contributed by atoms with Gasteiger partial charge in [0, 0.05) is 22.3 Å². The van der Waals surface area contributed by atoms with Gasteiger partial charge in [0.1, 0.15) is 0 Å². The van der Waals surface area contributed by atoms with Crippen molar-refractivity contribution in [2.75, 3.05) is 13.1 Å². The van der Waals surface area contributed by atoms with Crippen molar-refractivity contribution in [3.8, 4) is 5.69 Å². The van der Waals surface area contributed by atoms with E-state index < -0.39 is 0 Å². The highest BCUT2D eigenvalue weighted by molar-refractivity contribution is 9.10. The number of halogens is 1. The van der Waals surface area contributed by atoms with Crippen LogP contribution in [0.1, 0.15) is 36.7 Å². The number of rotatable bonds is 5. The summed E-state index contributed by atoms with van der Waals surface area (Å²) in [6.45, 7) is 10.6. The van der Waals surface area contributed by atoms with E-state index >= 15 is 0 Å². The average Bonchev–Trinajstić information content (AvgIpc) is 2.71. The van der Waals surface area contributed by atoms with Crippen LogP contribution in [0.5, 0.6) is 0 Å². The van der Waals surface area contributed by atoms with Gasteiger partial charge >= 0.3 is 0 Å². The molecule has 108 valence electrons. The second-order valence-corrected chi connectivity index (χ2v) is 6.10. The van der Waals surface area contributed by atoms with Crippen molar-refractivity contribution in [1.82, 2.24) is 15.1 Å². The number of benzene rings is 1. The zero-order valence-electron chi connectivity index (χ0n) is 12.6. The number of nitrogens with zero attached hydrogens (tertiary/aromatic N) is 2. The third kappa shape index (κ3) is 3.13. The third-order valence-electron chi connectivity index (χ3n) is 3.59. The van der Waals surface area contributed by atoms with Gasteiger partial charge < -0.3 is 5.32 Å². The molecule has 2 rings (SSSR count). The quantitative estimate of drug-likeness (QED) is 0.896. The SMILES string of the molecule is CCNCC(C)c1c(C)nn(-c2cccc(Br)c2)c1C. The molecule has 0 radical (unpaired) electrons. The van der Waals surface area contributed by atoms with Crippen LogP contribution in [-0.2, 0) is 0 Å². The first-order chi connectivity index (χ1) is 9.54. The van der Waals surface area contributed by atoms with E-state index in [-0.39, 0.29) is 0 Å². The van der Waals surface area contributed by atoms with Crippen LogP contribution in [0.25, 0.3) is 5.69 Å². The predicted molar refractivity (Wildman–Crippen MR) is 87.7 cm³/mol. The summed E-state index contributed by atoms with van der Waals surface area (Å²) in [6.07, 6.45) is 0. The molecule has 0 amide bonds. The summed E-state index contributed by atoms with van der Waals surface area (Å²) in [4.78, 5) is 0. The number of hydrogen-bond acceptors (Lipinski definition) is 2. The van der Waals surface area contributed by atoms with Crippen molar-refractivity contribution in [3.63, 3.8) is 0 Å². The molecule has 2 aromatic rings. The number of nitrogens with one attached hydrogen (secondary N) is 1. The summed E-state index contributed by atoms with van der Waals surface area (Å²) < 4.78 is 3.11. The van der Waals surface area contributed by atoms with Gasteiger partial charge in [-0.25, -0.2) is 4.68 Å². The molecule has 0 fully saturated rings. The van der Waals surface area contributed by atoms with Crippen LogP contribution in [0.2, 0.25) is 0 Å². The van der Waals surface area contributed by atoms with Gasteiger partial charge in [0.2, 0.25) is 0 Å². The molecule has 20 heavy (non-hydrogen) atoms. The van der Waals surface area contributed by atoms with E-state index in [9.17, 15) is 0 Å². The fourth-order valence-electron chi connectivity index (χ4n) is 2.69. The van der Waals surface area contributed by atoms with Gasteiger partial charge in [-0.3, -0.25) is 0 Å². The van der Waals surface area contributed by atoms with Crippen LogP contribution in [-0.4, -0.2) is 22.9 Å². The van der Waals surface area contributed by atoms with E-state index in [0.717, 1.165) is 28.9 Å². The maximum atomic E-state index is 4.72. The Labute approximate surface area is 129 Å². The van der Waals surface area contributed by atoms with Crippen LogP contribution in [0, 0.1) is 13.8 Å². The van der Waals surface area contributed by atoms with E-state index in [4.69, 9.17) is 5.10 Å². The molecule has 1 aromatic carbocycles. The molecule has 0 aliphatic heterocycles. The summed E-state index contributed by atoms with van der Waals surface area (Å²) >= 11 is 3.52. The topological polar surface area (TPSA) is 29.9 Å². The number of aromatic nitrogens is 2. The second-order valence-electron chi connectivity index (χ2n) is 5.18. The summed E-state index contributed by atoms with van der Waals surface area (Å²) in [5, 5.41) is 8.13. The molecule has 1 aromatic heterocycles. The molecule has 1 heterocycles. The first kappa shape index (κ1) is 15.3. The molecule has 4 heteroatoms. The maximum absolute atomic E-state index is 4.72. The molecule has 0 aliphatic rings. The highest BCUT2D eigenvalue weighted by atomic mass is 79.9. The Balaban J connectivity index is 2.38. The third-order valence-corrected chi connectivity index (χ3v) is 4.09. The van der Waals surface area contributed by atoms with Gasteiger partial charge in [-0.2, -0.15) is 5.10 Å². The van der Waals surface area contributed by atoms with Gasteiger partial charge in [-0.05, 0) is 44.5 Å². The lowest BCUT2D eigenvalue weighted by Gasteiger charge is -2.13. The van der Waals surface area contributed by atoms with E-state index in [0.29, 0.717) is 5.92 Å². The molecular formula is C16H22BrN3. The molecular weight excluding hydrogens is 314 g/mol. The smallest absolute Gasteiger partial charge is 0.0660 e. The monoisotopic (exact) mass is 335 g/mol. The maximum Gasteiger partial charge on any atom is 0.0660 e. The van der Waals surface area contributed by atoms with Gasteiger partial charge in [-0.1, -0.05) is 35.8 Å². The lowest BCUT2D eigenvalue weighted by Crippen LogP contribution is -2.20. The standard InChI is InChI=1S/C16H22BrN3/c1-5-18-10-11(2)16-12(3)19-20(13(16)4)15-8-6-7-14(17)9-15/h6-9,11,18H,5,10H2,1-4H3. The van der Waals surface area contributed by atoms with Crippen molar-refractivity contribution >= 4 is 15.9 Å². The molecule has 0 spiro atoms. The van der Waals surface area contributed by atoms with Crippen molar-refractivity contribution in [1.29, 1.82) is 0 Å². The fourth-order valence-corrected chi connectivity index (χ4v) is 3.08. The minimum absolute atomic E-state index is 0.468. The Morgan fingerprint density at radius 3 is 2.75 bits per heavy atom. The Hall–Kier alpha value is -1.13. The van der Waals surface area contributed by atoms with Crippen molar-refractivity contribution in [2.24, 2.45) is 0 Å². The predicted octanol–water partition coefficient (Wildman–Crippen LogP) is 3.96. The minimum atomic E-state index is 0.468. The molecule has 0 bridgehead atoms. The van der Waals surface area contributed by atoms with Gasteiger partial charge in [-0.15, -0.1) is 0 Å². The molecule has 0 aliphatic carbocycles. The Morgan fingerprint density at radius 2 is 2.10 bits per heavy atom. The molecule has 1 N–H and O–H groups in total. The Morgan fingerprint density at radius 1 is 1.35 bits per heavy atom. The Kier molecular flexibility index (Phi) is 5.00. The van der Waals surface area contributed by atoms with Crippen molar-refractivity contribution < 1.29 is 0 Å². The minimum Gasteiger partial charge on any atom is -0.316 e. The van der Waals surface area contributed by atoms with E-state index in [1.807, 2.05) is 16.8 Å². The van der Waals surface area contributed by atoms with Crippen LogP contribution in [0.4, 0.5) is 0 Å². The molecule has 3 nitrogen and oxygen atoms in total. The second kappa shape index (κ2) is 6.55. The Bertz CT molecular complexity index is 589. The highest BCUT2D eigenvalue weighted by Crippen LogP contribution is 2.26. The zero-order chi connectivity index (χ0) is 14.7. The molecule has 1 atom stereocenters. The zero-order valence-corrected chi connectivity index (χ0v) is 14.2. The van der Waals surface area contributed by atoms with Crippen molar-refractivity contribution in [3.05, 3.63) is 45.7 Å². The normalized spacial score (nSPS) is 12.7. The largest absolute Gasteiger partial charge is 0.316 e. The lowest BCUT2D eigenvalue weighted by molar-refractivity contribution is 0.630. The van der Waals surface area contributed by atoms with Gasteiger partial charge in [0.05, 0.1) is 11.4 Å². The molecule has 0 saturated carbocycles. The van der Waals surface area contributed by atoms with Gasteiger partial charge in [0.25, 0.3) is 0 Å². The van der Waals surface area contributed by atoms with Gasteiger partial charge in [0.15, 0.2) is 0 Å². The van der Waals surface area contributed by atoms with Crippen molar-refractivity contribution in [2.45, 2.75) is 33.6 Å². The van der Waals surface area contributed by atoms with E-state index in [1.165, 1.54) is 11.3 Å². The number of hydrogen-bond donors (Lipinski definition) is 1. The lowest BCUT2D eigenvalue weighted by atomic mass is 9.99. The van der Waals surface area contributed by atoms with Crippen LogP contribution >= 0.6 is 15.9 Å². The van der Waals surface area contributed by atoms with E-state index in [1.54, 1.807) is 0 Å². The molecule has 0 saturated heterocycles. The number of likely N-dealkylation sites (N-methyl/N-ethyl adjacent to an activating group) is 1. The van der Waals surface area contributed by atoms with Crippen LogP contribution < -0.4 is 5.32 Å². The summed E-state index contributed by atoms with van der Waals surface area (Å²) in [7, 11) is 0.